The highest BCUT2D eigenvalue weighted by molar-refractivity contribution is 8.00. The number of rotatable bonds is 5. The van der Waals surface area contributed by atoms with Crippen LogP contribution < -0.4 is 10.5 Å². The smallest absolute Gasteiger partial charge is 0.155 e. The van der Waals surface area contributed by atoms with E-state index in [0.717, 1.165) is 11.9 Å². The summed E-state index contributed by atoms with van der Waals surface area (Å²) in [5.74, 6) is -0.762. The summed E-state index contributed by atoms with van der Waals surface area (Å²) >= 11 is 0.938. The van der Waals surface area contributed by atoms with E-state index in [4.69, 9.17) is 5.73 Å². The highest BCUT2D eigenvalue weighted by Crippen LogP contribution is 2.37. The number of aryl methyl sites for hydroxylation is 2. The summed E-state index contributed by atoms with van der Waals surface area (Å²) < 4.78 is 34.5. The molecule has 0 aliphatic rings. The van der Waals surface area contributed by atoms with Crippen molar-refractivity contribution in [1.29, 1.82) is 0 Å². The lowest BCUT2D eigenvalue weighted by Crippen LogP contribution is -1.99. The zero-order valence-electron chi connectivity index (χ0n) is 16.3. The van der Waals surface area contributed by atoms with E-state index in [1.807, 2.05) is 0 Å². The molecule has 4 N–H and O–H groups in total. The fraction of sp³-hybridized carbons (Fsp3) is 0.143. The maximum atomic E-state index is 15.3. The molecule has 2 aromatic heterocycles. The Labute approximate surface area is 175 Å². The van der Waals surface area contributed by atoms with Gasteiger partial charge in [-0.1, -0.05) is 18.2 Å². The number of halogens is 2. The van der Waals surface area contributed by atoms with Gasteiger partial charge >= 0.3 is 0 Å². The number of aliphatic hydroxyl groups excluding tert-OH is 1. The Kier molecular flexibility index (Phi) is 5.31. The molecule has 2 aromatic carbocycles. The first kappa shape index (κ1) is 20.1. The van der Waals surface area contributed by atoms with E-state index < -0.39 is 18.2 Å². The highest BCUT2D eigenvalue weighted by Gasteiger charge is 2.19. The molecule has 2 heterocycles. The van der Waals surface area contributed by atoms with Crippen LogP contribution in [0, 0.1) is 18.6 Å². The number of nitrogens with two attached hydrogens (primary N) is 1. The lowest BCUT2D eigenvalue weighted by atomic mass is 10.0. The van der Waals surface area contributed by atoms with Crippen molar-refractivity contribution in [3.8, 4) is 11.1 Å². The van der Waals surface area contributed by atoms with Gasteiger partial charge in [-0.25, -0.2) is 18.7 Å². The summed E-state index contributed by atoms with van der Waals surface area (Å²) in [7, 11) is 1.80. The van der Waals surface area contributed by atoms with Gasteiger partial charge in [-0.3, -0.25) is 0 Å². The Morgan fingerprint density at radius 2 is 1.93 bits per heavy atom. The number of aliphatic hydroxyl groups is 1. The molecule has 0 bridgehead atoms. The first-order valence-corrected chi connectivity index (χ1v) is 9.90. The van der Waals surface area contributed by atoms with Gasteiger partial charge in [0, 0.05) is 29.9 Å². The quantitative estimate of drug-likeness (QED) is 0.409. The van der Waals surface area contributed by atoms with Gasteiger partial charge < -0.3 is 20.1 Å². The topological polar surface area (TPSA) is 89.0 Å². The number of nitrogen functional groups attached to an aromatic ring is 1. The zero-order chi connectivity index (χ0) is 21.4. The maximum absolute atomic E-state index is 15.3. The van der Waals surface area contributed by atoms with Crippen molar-refractivity contribution < 1.29 is 13.9 Å². The summed E-state index contributed by atoms with van der Waals surface area (Å²) in [6, 6.07) is 8.21. The molecule has 0 fully saturated rings. The molecule has 9 heteroatoms. The monoisotopic (exact) mass is 427 g/mol. The number of aromatic nitrogens is 3. The second-order valence-corrected chi connectivity index (χ2v) is 7.66. The predicted molar refractivity (Wildman–Crippen MR) is 115 cm³/mol. The molecule has 4 rings (SSSR count). The molecule has 0 saturated carbocycles. The van der Waals surface area contributed by atoms with Crippen LogP contribution in [0.5, 0.6) is 0 Å². The first-order chi connectivity index (χ1) is 14.4. The van der Waals surface area contributed by atoms with E-state index >= 15 is 4.39 Å². The molecule has 6 nitrogen and oxygen atoms in total. The zero-order valence-corrected chi connectivity index (χ0v) is 17.1. The van der Waals surface area contributed by atoms with Gasteiger partial charge in [0.2, 0.25) is 0 Å². The Balaban J connectivity index is 1.70. The van der Waals surface area contributed by atoms with Crippen molar-refractivity contribution in [3.63, 3.8) is 0 Å². The minimum Gasteiger partial charge on any atom is -0.392 e. The highest BCUT2D eigenvalue weighted by atomic mass is 32.2. The van der Waals surface area contributed by atoms with Crippen molar-refractivity contribution in [2.24, 2.45) is 7.05 Å². The molecule has 0 atom stereocenters. The number of hydrogen-bond donors (Lipinski definition) is 3. The van der Waals surface area contributed by atoms with Gasteiger partial charge in [0.05, 0.1) is 22.6 Å². The molecule has 4 aromatic rings. The van der Waals surface area contributed by atoms with Crippen LogP contribution in [0.1, 0.15) is 11.1 Å². The lowest BCUT2D eigenvalue weighted by molar-refractivity contribution is 0.274. The molecule has 0 aliphatic carbocycles. The Bertz CT molecular complexity index is 1260. The van der Waals surface area contributed by atoms with E-state index in [0.29, 0.717) is 27.7 Å². The molecule has 0 aliphatic heterocycles. The van der Waals surface area contributed by atoms with Gasteiger partial charge in [0.1, 0.15) is 23.6 Å². The van der Waals surface area contributed by atoms with Gasteiger partial charge in [0.15, 0.2) is 5.82 Å². The SMILES string of the molecule is Cc1ccc(SNc2cccc(-c3cn(C)c4ncnc(N)c34)c2F)c(F)c1CO. The van der Waals surface area contributed by atoms with E-state index in [2.05, 4.69) is 14.7 Å². The third-order valence-corrected chi connectivity index (χ3v) is 5.80. The molecule has 0 spiro atoms. The number of benzene rings is 2. The second-order valence-electron chi connectivity index (χ2n) is 6.81. The number of anilines is 2. The van der Waals surface area contributed by atoms with Crippen LogP contribution in [0.15, 0.2) is 47.8 Å². The first-order valence-electron chi connectivity index (χ1n) is 9.08. The van der Waals surface area contributed by atoms with Gasteiger partial charge in [0.25, 0.3) is 0 Å². The van der Waals surface area contributed by atoms with Crippen molar-refractivity contribution in [1.82, 2.24) is 14.5 Å². The summed E-state index contributed by atoms with van der Waals surface area (Å²) in [6.45, 7) is 1.32. The minimum atomic E-state index is -0.523. The second kappa shape index (κ2) is 7.92. The molecule has 0 radical (unpaired) electrons. The Morgan fingerprint density at radius 3 is 2.70 bits per heavy atom. The average Bonchev–Trinajstić information content (AvgIpc) is 3.06. The summed E-state index contributed by atoms with van der Waals surface area (Å²) in [5.41, 5.74) is 8.59. The van der Waals surface area contributed by atoms with Gasteiger partial charge in [-0.15, -0.1) is 0 Å². The third-order valence-electron chi connectivity index (χ3n) is 4.94. The van der Waals surface area contributed by atoms with Crippen LogP contribution >= 0.6 is 11.9 Å². The standard InChI is InChI=1S/C21H19F2N5OS/c1-11-6-7-16(19(23)14(11)9-29)30-27-15-5-3-4-12(18(15)22)13-8-28(2)21-17(13)20(24)25-10-26-21/h3-8,10,27,29H,9H2,1-2H3,(H2,24,25,26). The van der Waals surface area contributed by atoms with E-state index in [1.54, 1.807) is 55.1 Å². The molecule has 0 unspecified atom stereocenters. The summed E-state index contributed by atoms with van der Waals surface area (Å²) in [4.78, 5) is 8.49. The number of hydrogen-bond acceptors (Lipinski definition) is 6. The lowest BCUT2D eigenvalue weighted by Gasteiger charge is -2.12. The van der Waals surface area contributed by atoms with Crippen LogP contribution in [0.25, 0.3) is 22.2 Å². The normalized spacial score (nSPS) is 11.2. The molecular formula is C21H19F2N5OS. The minimum absolute atomic E-state index is 0.190. The van der Waals surface area contributed by atoms with Crippen LogP contribution in [0.3, 0.4) is 0 Å². The van der Waals surface area contributed by atoms with Gasteiger partial charge in [-0.2, -0.15) is 0 Å². The average molecular weight is 427 g/mol. The van der Waals surface area contributed by atoms with E-state index in [-0.39, 0.29) is 22.0 Å². The van der Waals surface area contributed by atoms with E-state index in [9.17, 15) is 9.50 Å². The Morgan fingerprint density at radius 1 is 1.13 bits per heavy atom. The molecule has 154 valence electrons. The van der Waals surface area contributed by atoms with Crippen molar-refractivity contribution >= 4 is 34.5 Å². The maximum Gasteiger partial charge on any atom is 0.155 e. The fourth-order valence-electron chi connectivity index (χ4n) is 3.34. The van der Waals surface area contributed by atoms with Gasteiger partial charge in [-0.05, 0) is 36.6 Å². The molecular weight excluding hydrogens is 408 g/mol. The van der Waals surface area contributed by atoms with Crippen LogP contribution in [-0.2, 0) is 13.7 Å². The van der Waals surface area contributed by atoms with Crippen molar-refractivity contribution in [2.75, 3.05) is 10.5 Å². The Hall–Kier alpha value is -3.17. The third kappa shape index (κ3) is 3.35. The van der Waals surface area contributed by atoms with Crippen molar-refractivity contribution in [2.45, 2.75) is 18.4 Å². The predicted octanol–water partition coefficient (Wildman–Crippen LogP) is 4.42. The van der Waals surface area contributed by atoms with Crippen LogP contribution in [0.4, 0.5) is 20.3 Å². The van der Waals surface area contributed by atoms with E-state index in [1.165, 1.54) is 6.33 Å². The largest absolute Gasteiger partial charge is 0.392 e. The summed E-state index contributed by atoms with van der Waals surface area (Å²) in [6.07, 6.45) is 3.11. The van der Waals surface area contributed by atoms with Crippen molar-refractivity contribution in [3.05, 3.63) is 65.6 Å². The fourth-order valence-corrected chi connectivity index (χ4v) is 4.06. The molecule has 30 heavy (non-hydrogen) atoms. The summed E-state index contributed by atoms with van der Waals surface area (Å²) in [5, 5.41) is 9.94. The number of fused-ring (bicyclic) bond motifs is 1. The molecule has 0 saturated heterocycles. The molecule has 0 amide bonds. The van der Waals surface area contributed by atoms with Crippen LogP contribution in [0.2, 0.25) is 0 Å². The number of nitrogens with zero attached hydrogens (tertiary/aromatic N) is 3. The number of nitrogens with one attached hydrogen (secondary N) is 1. The van der Waals surface area contributed by atoms with Crippen LogP contribution in [-0.4, -0.2) is 19.6 Å².